The first-order valence-corrected chi connectivity index (χ1v) is 6.70. The van der Waals surface area contributed by atoms with Gasteiger partial charge in [-0.15, -0.1) is 0 Å². The van der Waals surface area contributed by atoms with Crippen LogP contribution in [-0.4, -0.2) is 32.9 Å². The van der Waals surface area contributed by atoms with E-state index in [2.05, 4.69) is 14.9 Å². The van der Waals surface area contributed by atoms with Gasteiger partial charge in [-0.1, -0.05) is 0 Å². The highest BCUT2D eigenvalue weighted by molar-refractivity contribution is 5.80. The molecule has 0 unspecified atom stereocenters. The van der Waals surface area contributed by atoms with Crippen molar-refractivity contribution in [3.05, 3.63) is 48.5 Å². The van der Waals surface area contributed by atoms with Gasteiger partial charge in [0.15, 0.2) is 0 Å². The van der Waals surface area contributed by atoms with Gasteiger partial charge in [-0.2, -0.15) is 0 Å². The van der Waals surface area contributed by atoms with E-state index in [0.29, 0.717) is 17.6 Å². The van der Waals surface area contributed by atoms with Crippen molar-refractivity contribution in [1.82, 2.24) is 14.9 Å². The van der Waals surface area contributed by atoms with E-state index >= 15 is 0 Å². The van der Waals surface area contributed by atoms with E-state index < -0.39 is 16.0 Å². The molecule has 1 aromatic carbocycles. The second-order valence-corrected chi connectivity index (χ2v) is 5.18. The van der Waals surface area contributed by atoms with E-state index in [1.54, 1.807) is 0 Å². The predicted molar refractivity (Wildman–Crippen MR) is 76.4 cm³/mol. The number of non-ortho nitro benzene ring substituents is 1. The molecule has 0 radical (unpaired) electrons. The maximum atomic E-state index is 11.5. The summed E-state index contributed by atoms with van der Waals surface area (Å²) in [4.78, 5) is 40.5. The number of benzene rings is 1. The fraction of sp³-hybridized carbons (Fsp3) is 0.385. The quantitative estimate of drug-likeness (QED) is 0.491. The van der Waals surface area contributed by atoms with Gasteiger partial charge in [-0.25, -0.2) is 0 Å². The third kappa shape index (κ3) is 2.57. The lowest BCUT2D eigenvalue weighted by Gasteiger charge is -2.15. The molecule has 2 N–H and O–H groups in total. The second kappa shape index (κ2) is 5.13. The van der Waals surface area contributed by atoms with Crippen LogP contribution in [0.1, 0.15) is 18.4 Å². The van der Waals surface area contributed by atoms with Gasteiger partial charge in [0.05, 0.1) is 16.0 Å². The summed E-state index contributed by atoms with van der Waals surface area (Å²) in [5, 5.41) is 11.0. The molecule has 0 amide bonds. The molecule has 21 heavy (non-hydrogen) atoms. The lowest BCUT2D eigenvalue weighted by Crippen LogP contribution is -2.29. The SMILES string of the molecule is O=c1[nH]c2cc([N+](=O)[O-])cc(CN3CCCC3)c2[nH]c1=O. The smallest absolute Gasteiger partial charge is 0.314 e. The summed E-state index contributed by atoms with van der Waals surface area (Å²) in [6.07, 6.45) is 2.19. The molecule has 110 valence electrons. The van der Waals surface area contributed by atoms with Crippen molar-refractivity contribution < 1.29 is 4.92 Å². The van der Waals surface area contributed by atoms with Gasteiger partial charge in [0.2, 0.25) is 0 Å². The molecule has 2 aromatic rings. The number of fused-ring (bicyclic) bond motifs is 1. The molecule has 8 heteroatoms. The number of hydrogen-bond acceptors (Lipinski definition) is 5. The molecule has 1 aliphatic rings. The normalized spacial score (nSPS) is 15.6. The molecule has 1 saturated heterocycles. The topological polar surface area (TPSA) is 112 Å². The van der Waals surface area contributed by atoms with Gasteiger partial charge in [-0.3, -0.25) is 24.6 Å². The molecule has 0 saturated carbocycles. The highest BCUT2D eigenvalue weighted by Gasteiger charge is 2.18. The van der Waals surface area contributed by atoms with E-state index in [1.807, 2.05) is 0 Å². The molecule has 2 heterocycles. The van der Waals surface area contributed by atoms with Crippen LogP contribution in [0.25, 0.3) is 11.0 Å². The summed E-state index contributed by atoms with van der Waals surface area (Å²) in [5.74, 6) is 0. The van der Waals surface area contributed by atoms with Crippen LogP contribution >= 0.6 is 0 Å². The monoisotopic (exact) mass is 290 g/mol. The standard InChI is InChI=1S/C13H14N4O4/c18-12-13(19)15-11-8(7-16-3-1-2-4-16)5-9(17(20)21)6-10(11)14-12/h5-6H,1-4,7H2,(H,14,18)(H,15,19). The van der Waals surface area contributed by atoms with Crippen LogP contribution in [0, 0.1) is 10.1 Å². The van der Waals surface area contributed by atoms with Gasteiger partial charge in [-0.05, 0) is 31.5 Å². The molecule has 8 nitrogen and oxygen atoms in total. The highest BCUT2D eigenvalue weighted by Crippen LogP contribution is 2.23. The van der Waals surface area contributed by atoms with Gasteiger partial charge in [0, 0.05) is 18.7 Å². The number of H-pyrrole nitrogens is 2. The van der Waals surface area contributed by atoms with Crippen LogP contribution in [0.3, 0.4) is 0 Å². The minimum atomic E-state index is -0.810. The van der Waals surface area contributed by atoms with Crippen molar-refractivity contribution in [2.45, 2.75) is 19.4 Å². The van der Waals surface area contributed by atoms with E-state index in [1.165, 1.54) is 12.1 Å². The molecular formula is C13H14N4O4. The Kier molecular flexibility index (Phi) is 3.30. The molecule has 1 aliphatic heterocycles. The van der Waals surface area contributed by atoms with E-state index in [-0.39, 0.29) is 11.2 Å². The minimum absolute atomic E-state index is 0.0978. The zero-order chi connectivity index (χ0) is 15.0. The Morgan fingerprint density at radius 3 is 2.48 bits per heavy atom. The van der Waals surface area contributed by atoms with E-state index in [4.69, 9.17) is 0 Å². The number of nitrogens with one attached hydrogen (secondary N) is 2. The maximum Gasteiger partial charge on any atom is 0.314 e. The lowest BCUT2D eigenvalue weighted by atomic mass is 10.1. The zero-order valence-corrected chi connectivity index (χ0v) is 11.2. The minimum Gasteiger partial charge on any atom is -0.316 e. The van der Waals surface area contributed by atoms with Crippen LogP contribution in [0.4, 0.5) is 5.69 Å². The summed E-state index contributed by atoms with van der Waals surface area (Å²) in [6.45, 7) is 2.37. The Balaban J connectivity index is 2.18. The van der Waals surface area contributed by atoms with Crippen molar-refractivity contribution in [3.8, 4) is 0 Å². The lowest BCUT2D eigenvalue weighted by molar-refractivity contribution is -0.384. The number of aromatic nitrogens is 2. The number of nitro benzene ring substituents is 1. The van der Waals surface area contributed by atoms with Crippen LogP contribution < -0.4 is 11.1 Å². The van der Waals surface area contributed by atoms with Crippen LogP contribution in [0.5, 0.6) is 0 Å². The van der Waals surface area contributed by atoms with Crippen molar-refractivity contribution in [2.75, 3.05) is 13.1 Å². The first-order valence-electron chi connectivity index (χ1n) is 6.70. The molecule has 1 fully saturated rings. The van der Waals surface area contributed by atoms with Crippen molar-refractivity contribution in [1.29, 1.82) is 0 Å². The Bertz CT molecular complexity index is 817. The molecule has 0 atom stereocenters. The van der Waals surface area contributed by atoms with Gasteiger partial charge < -0.3 is 9.97 Å². The number of nitro groups is 1. The highest BCUT2D eigenvalue weighted by atomic mass is 16.6. The van der Waals surface area contributed by atoms with Crippen LogP contribution in [0.15, 0.2) is 21.7 Å². The molecule has 1 aromatic heterocycles. The predicted octanol–water partition coefficient (Wildman–Crippen LogP) is 0.720. The fourth-order valence-electron chi connectivity index (χ4n) is 2.69. The van der Waals surface area contributed by atoms with Gasteiger partial charge in [0.25, 0.3) is 5.69 Å². The van der Waals surface area contributed by atoms with E-state index in [0.717, 1.165) is 25.9 Å². The third-order valence-electron chi connectivity index (χ3n) is 3.70. The van der Waals surface area contributed by atoms with Crippen molar-refractivity contribution in [2.24, 2.45) is 0 Å². The summed E-state index contributed by atoms with van der Waals surface area (Å²) >= 11 is 0. The summed E-state index contributed by atoms with van der Waals surface area (Å²) in [5.41, 5.74) is -0.275. The van der Waals surface area contributed by atoms with Crippen molar-refractivity contribution in [3.63, 3.8) is 0 Å². The summed E-state index contributed by atoms with van der Waals surface area (Å²) in [7, 11) is 0. The third-order valence-corrected chi connectivity index (χ3v) is 3.70. The second-order valence-electron chi connectivity index (χ2n) is 5.18. The zero-order valence-electron chi connectivity index (χ0n) is 11.2. The summed E-state index contributed by atoms with van der Waals surface area (Å²) in [6, 6.07) is 2.72. The number of rotatable bonds is 3. The van der Waals surface area contributed by atoms with Gasteiger partial charge >= 0.3 is 11.1 Å². The van der Waals surface area contributed by atoms with Crippen LogP contribution in [-0.2, 0) is 6.54 Å². The Hall–Kier alpha value is -2.48. The number of nitrogens with zero attached hydrogens (tertiary/aromatic N) is 2. The molecule has 0 spiro atoms. The molecular weight excluding hydrogens is 276 g/mol. The molecule has 0 aliphatic carbocycles. The molecule has 0 bridgehead atoms. The van der Waals surface area contributed by atoms with Gasteiger partial charge in [0.1, 0.15) is 0 Å². The number of hydrogen-bond donors (Lipinski definition) is 2. The average Bonchev–Trinajstić information content (AvgIpc) is 2.93. The number of aromatic amines is 2. The fourth-order valence-corrected chi connectivity index (χ4v) is 2.69. The first kappa shape index (κ1) is 13.5. The average molecular weight is 290 g/mol. The van der Waals surface area contributed by atoms with Crippen molar-refractivity contribution >= 4 is 16.7 Å². The first-order chi connectivity index (χ1) is 10.0. The summed E-state index contributed by atoms with van der Waals surface area (Å²) < 4.78 is 0. The maximum absolute atomic E-state index is 11.5. The van der Waals surface area contributed by atoms with Crippen LogP contribution in [0.2, 0.25) is 0 Å². The largest absolute Gasteiger partial charge is 0.316 e. The Morgan fingerprint density at radius 1 is 1.14 bits per heavy atom. The Labute approximate surface area is 118 Å². The Morgan fingerprint density at radius 2 is 1.81 bits per heavy atom. The molecule has 3 rings (SSSR count). The van der Waals surface area contributed by atoms with E-state index in [9.17, 15) is 19.7 Å². The number of likely N-dealkylation sites (tertiary alicyclic amines) is 1.